The molecular weight excluding hydrogens is 343 g/mol. The number of hydrogen-bond donors (Lipinski definition) is 1. The first-order valence-electron chi connectivity index (χ1n) is 8.87. The van der Waals surface area contributed by atoms with Crippen molar-refractivity contribution in [2.24, 2.45) is 11.8 Å². The molecule has 1 aliphatic rings. The van der Waals surface area contributed by atoms with Crippen LogP contribution in [0.2, 0.25) is 0 Å². The molecule has 7 heteroatoms. The molecular formula is C19H22F3N3O. The number of nitrogens with one attached hydrogen (secondary N) is 1. The van der Waals surface area contributed by atoms with Crippen molar-refractivity contribution in [2.75, 3.05) is 6.54 Å². The topological polar surface area (TPSA) is 46.9 Å². The molecule has 1 heterocycles. The number of nitrogens with zero attached hydrogens (tertiary/aromatic N) is 2. The van der Waals surface area contributed by atoms with Gasteiger partial charge in [0.15, 0.2) is 0 Å². The molecule has 4 nitrogen and oxygen atoms in total. The minimum Gasteiger partial charge on any atom is -0.356 e. The van der Waals surface area contributed by atoms with Gasteiger partial charge in [0.05, 0.1) is 17.8 Å². The van der Waals surface area contributed by atoms with Gasteiger partial charge in [-0.1, -0.05) is 24.6 Å². The zero-order valence-corrected chi connectivity index (χ0v) is 14.4. The first-order chi connectivity index (χ1) is 12.4. The van der Waals surface area contributed by atoms with E-state index in [1.54, 1.807) is 10.9 Å². The molecule has 2 atom stereocenters. The van der Waals surface area contributed by atoms with Crippen LogP contribution >= 0.6 is 0 Å². The molecule has 26 heavy (non-hydrogen) atoms. The number of para-hydroxylation sites is 1. The van der Waals surface area contributed by atoms with E-state index < -0.39 is 18.0 Å². The van der Waals surface area contributed by atoms with Gasteiger partial charge in [-0.15, -0.1) is 0 Å². The molecule has 0 saturated heterocycles. The number of rotatable bonds is 5. The summed E-state index contributed by atoms with van der Waals surface area (Å²) in [5.74, 6) is -2.16. The van der Waals surface area contributed by atoms with Gasteiger partial charge in [0.1, 0.15) is 0 Å². The summed E-state index contributed by atoms with van der Waals surface area (Å²) in [5.41, 5.74) is 1.91. The van der Waals surface area contributed by atoms with E-state index in [0.717, 1.165) is 11.3 Å². The van der Waals surface area contributed by atoms with Gasteiger partial charge in [-0.3, -0.25) is 4.79 Å². The molecule has 1 aromatic heterocycles. The Morgan fingerprint density at radius 2 is 2.00 bits per heavy atom. The SMILES string of the molecule is O=C(NCCc1cnn(-c2ccccc2)c1)[C@H]1CCC[C@@H](C(F)(F)F)C1. The van der Waals surface area contributed by atoms with Crippen LogP contribution in [-0.2, 0) is 11.2 Å². The molecule has 1 fully saturated rings. The summed E-state index contributed by atoms with van der Waals surface area (Å²) in [6.07, 6.45) is 1.03. The van der Waals surface area contributed by atoms with Gasteiger partial charge >= 0.3 is 6.18 Å². The molecule has 0 bridgehead atoms. The second-order valence-corrected chi connectivity index (χ2v) is 6.77. The third kappa shape index (κ3) is 4.65. The zero-order chi connectivity index (χ0) is 18.6. The van der Waals surface area contributed by atoms with Crippen LogP contribution in [0.15, 0.2) is 42.7 Å². The number of hydrogen-bond acceptors (Lipinski definition) is 2. The highest BCUT2D eigenvalue weighted by atomic mass is 19.4. The fraction of sp³-hybridized carbons (Fsp3) is 0.474. The van der Waals surface area contributed by atoms with Crippen LogP contribution in [-0.4, -0.2) is 28.4 Å². The third-order valence-corrected chi connectivity index (χ3v) is 4.88. The molecule has 2 aromatic rings. The summed E-state index contributed by atoms with van der Waals surface area (Å²) in [6.45, 7) is 0.395. The summed E-state index contributed by atoms with van der Waals surface area (Å²) >= 11 is 0. The van der Waals surface area contributed by atoms with Crippen molar-refractivity contribution in [3.8, 4) is 5.69 Å². The van der Waals surface area contributed by atoms with Crippen LogP contribution in [0.5, 0.6) is 0 Å². The fourth-order valence-corrected chi connectivity index (χ4v) is 3.41. The summed E-state index contributed by atoms with van der Waals surface area (Å²) < 4.78 is 40.3. The van der Waals surface area contributed by atoms with Gasteiger partial charge in [-0.05, 0) is 43.4 Å². The van der Waals surface area contributed by atoms with Crippen molar-refractivity contribution in [1.29, 1.82) is 0 Å². The highest BCUT2D eigenvalue weighted by Crippen LogP contribution is 2.39. The van der Waals surface area contributed by atoms with Crippen molar-refractivity contribution >= 4 is 5.91 Å². The lowest BCUT2D eigenvalue weighted by molar-refractivity contribution is -0.186. The minimum absolute atomic E-state index is 0.0960. The van der Waals surface area contributed by atoms with Gasteiger partial charge in [-0.2, -0.15) is 18.3 Å². The lowest BCUT2D eigenvalue weighted by Crippen LogP contribution is -2.38. The van der Waals surface area contributed by atoms with Crippen molar-refractivity contribution in [2.45, 2.75) is 38.3 Å². The second-order valence-electron chi connectivity index (χ2n) is 6.77. The lowest BCUT2D eigenvalue weighted by atomic mass is 9.80. The summed E-state index contributed by atoms with van der Waals surface area (Å²) in [7, 11) is 0. The smallest absolute Gasteiger partial charge is 0.356 e. The molecule has 1 aromatic carbocycles. The Labute approximate surface area is 150 Å². The fourth-order valence-electron chi connectivity index (χ4n) is 3.41. The van der Waals surface area contributed by atoms with Crippen LogP contribution < -0.4 is 5.32 Å². The molecule has 0 radical (unpaired) electrons. The van der Waals surface area contributed by atoms with Crippen LogP contribution in [0.4, 0.5) is 13.2 Å². The second kappa shape index (κ2) is 7.93. The quantitative estimate of drug-likeness (QED) is 0.874. The van der Waals surface area contributed by atoms with Crippen LogP contribution in [0.25, 0.3) is 5.69 Å². The molecule has 140 valence electrons. The Balaban J connectivity index is 1.48. The largest absolute Gasteiger partial charge is 0.391 e. The number of aromatic nitrogens is 2. The third-order valence-electron chi connectivity index (χ3n) is 4.88. The van der Waals surface area contributed by atoms with Crippen molar-refractivity contribution in [1.82, 2.24) is 15.1 Å². The lowest BCUT2D eigenvalue weighted by Gasteiger charge is -2.29. The van der Waals surface area contributed by atoms with Crippen LogP contribution in [0.1, 0.15) is 31.2 Å². The molecule has 1 N–H and O–H groups in total. The molecule has 1 aliphatic carbocycles. The predicted molar refractivity (Wildman–Crippen MR) is 91.8 cm³/mol. The number of halogens is 3. The van der Waals surface area contributed by atoms with Gasteiger partial charge in [0.2, 0.25) is 5.91 Å². The number of amides is 1. The summed E-state index contributed by atoms with van der Waals surface area (Å²) in [4.78, 5) is 12.2. The van der Waals surface area contributed by atoms with E-state index in [9.17, 15) is 18.0 Å². The standard InChI is InChI=1S/C19H22F3N3O/c20-19(21,22)16-6-4-5-15(11-16)18(26)23-10-9-14-12-24-25(13-14)17-7-2-1-3-8-17/h1-3,7-8,12-13,15-16H,4-6,9-11H2,(H,23,26)/t15-,16+/m0/s1. The Morgan fingerprint density at radius 3 is 2.73 bits per heavy atom. The van der Waals surface area contributed by atoms with E-state index in [1.807, 2.05) is 36.5 Å². The van der Waals surface area contributed by atoms with E-state index in [2.05, 4.69) is 10.4 Å². The Bertz CT molecular complexity index is 727. The highest BCUT2D eigenvalue weighted by molar-refractivity contribution is 5.78. The molecule has 0 unspecified atom stereocenters. The minimum atomic E-state index is -4.20. The van der Waals surface area contributed by atoms with E-state index in [-0.39, 0.29) is 18.7 Å². The average molecular weight is 365 g/mol. The van der Waals surface area contributed by atoms with E-state index in [0.29, 0.717) is 25.8 Å². The molecule has 0 aliphatic heterocycles. The first kappa shape index (κ1) is 18.5. The van der Waals surface area contributed by atoms with Gasteiger partial charge in [-0.25, -0.2) is 4.68 Å². The van der Waals surface area contributed by atoms with Gasteiger partial charge in [0.25, 0.3) is 0 Å². The van der Waals surface area contributed by atoms with E-state index in [1.165, 1.54) is 0 Å². The van der Waals surface area contributed by atoms with Crippen molar-refractivity contribution in [3.05, 3.63) is 48.3 Å². The zero-order valence-electron chi connectivity index (χ0n) is 14.4. The van der Waals surface area contributed by atoms with Crippen LogP contribution in [0.3, 0.4) is 0 Å². The monoisotopic (exact) mass is 365 g/mol. The maximum atomic E-state index is 12.9. The Kier molecular flexibility index (Phi) is 5.64. The highest BCUT2D eigenvalue weighted by Gasteiger charge is 2.43. The van der Waals surface area contributed by atoms with Gasteiger partial charge < -0.3 is 5.32 Å². The number of carbonyl (C=O) groups excluding carboxylic acids is 1. The summed E-state index contributed by atoms with van der Waals surface area (Å²) in [6, 6.07) is 9.67. The maximum absolute atomic E-state index is 12.9. The van der Waals surface area contributed by atoms with E-state index in [4.69, 9.17) is 0 Å². The average Bonchev–Trinajstić information content (AvgIpc) is 3.11. The molecule has 1 amide bonds. The molecule has 3 rings (SSSR count). The number of alkyl halides is 3. The summed E-state index contributed by atoms with van der Waals surface area (Å²) in [5, 5.41) is 7.07. The van der Waals surface area contributed by atoms with E-state index >= 15 is 0 Å². The number of carbonyl (C=O) groups is 1. The molecule has 0 spiro atoms. The van der Waals surface area contributed by atoms with Gasteiger partial charge in [0, 0.05) is 18.7 Å². The van der Waals surface area contributed by atoms with Crippen molar-refractivity contribution < 1.29 is 18.0 Å². The Morgan fingerprint density at radius 1 is 1.23 bits per heavy atom. The molecule has 1 saturated carbocycles. The maximum Gasteiger partial charge on any atom is 0.391 e. The Hall–Kier alpha value is -2.31. The number of benzene rings is 1. The first-order valence-corrected chi connectivity index (χ1v) is 8.87. The van der Waals surface area contributed by atoms with Crippen LogP contribution in [0, 0.1) is 11.8 Å². The van der Waals surface area contributed by atoms with Crippen molar-refractivity contribution in [3.63, 3.8) is 0 Å². The normalized spacial score (nSPS) is 20.7. The predicted octanol–water partition coefficient (Wildman–Crippen LogP) is 3.90.